The standard InChI is InChI=1S/C16H20AsN3/c1-19(10-13-5-3-2-4-6-13)15-11-20(12-15)14-7-8-18-16(17)9-14/h2-9,15H,10-12,17H2,1H3. The molecule has 1 aliphatic rings. The third-order valence-corrected chi connectivity index (χ3v) is 4.55. The van der Waals surface area contributed by atoms with E-state index in [0.29, 0.717) is 6.04 Å². The molecule has 0 amide bonds. The first kappa shape index (κ1) is 13.7. The number of pyridine rings is 1. The van der Waals surface area contributed by atoms with E-state index < -0.39 is 0 Å². The molecule has 0 spiro atoms. The van der Waals surface area contributed by atoms with E-state index in [1.54, 1.807) is 16.9 Å². The molecule has 2 aromatic rings. The maximum absolute atomic E-state index is 4.28. The molecule has 1 aromatic heterocycles. The summed E-state index contributed by atoms with van der Waals surface area (Å²) in [6, 6.07) is 15.6. The van der Waals surface area contributed by atoms with Crippen molar-refractivity contribution in [2.45, 2.75) is 12.6 Å². The van der Waals surface area contributed by atoms with Crippen molar-refractivity contribution in [3.05, 3.63) is 54.2 Å². The molecule has 104 valence electrons. The van der Waals surface area contributed by atoms with E-state index in [1.807, 2.05) is 6.20 Å². The molecule has 4 heteroatoms. The predicted octanol–water partition coefficient (Wildman–Crippen LogP) is 0.661. The van der Waals surface area contributed by atoms with Crippen molar-refractivity contribution in [3.63, 3.8) is 0 Å². The molecule has 1 saturated heterocycles. The molecule has 3 nitrogen and oxygen atoms in total. The van der Waals surface area contributed by atoms with Gasteiger partial charge in [0.1, 0.15) is 0 Å². The van der Waals surface area contributed by atoms with Crippen LogP contribution in [0.3, 0.4) is 0 Å². The van der Waals surface area contributed by atoms with E-state index >= 15 is 0 Å². The van der Waals surface area contributed by atoms with Crippen molar-refractivity contribution in [2.75, 3.05) is 25.0 Å². The number of aromatic nitrogens is 1. The molecule has 20 heavy (non-hydrogen) atoms. The Kier molecular flexibility index (Phi) is 4.09. The molecular formula is C16H20AsN3. The van der Waals surface area contributed by atoms with Crippen LogP contribution in [-0.4, -0.2) is 52.9 Å². The summed E-state index contributed by atoms with van der Waals surface area (Å²) in [6.07, 6.45) is 1.91. The Balaban J connectivity index is 1.55. The van der Waals surface area contributed by atoms with Gasteiger partial charge in [-0.25, -0.2) is 0 Å². The molecule has 0 N–H and O–H groups in total. The average molecular weight is 329 g/mol. The number of likely N-dealkylation sites (N-methyl/N-ethyl adjacent to an activating group) is 1. The van der Waals surface area contributed by atoms with Gasteiger partial charge in [0.05, 0.1) is 0 Å². The Hall–Kier alpha value is -1.31. The van der Waals surface area contributed by atoms with Crippen LogP contribution in [0.5, 0.6) is 0 Å². The molecule has 1 fully saturated rings. The van der Waals surface area contributed by atoms with Crippen molar-refractivity contribution < 1.29 is 0 Å². The Morgan fingerprint density at radius 2 is 2.00 bits per heavy atom. The van der Waals surface area contributed by atoms with Gasteiger partial charge in [0.25, 0.3) is 0 Å². The van der Waals surface area contributed by atoms with E-state index in [-0.39, 0.29) is 0 Å². The molecule has 1 atom stereocenters. The van der Waals surface area contributed by atoms with Crippen LogP contribution in [0, 0.1) is 0 Å². The average Bonchev–Trinajstić information content (AvgIpc) is 2.38. The maximum atomic E-state index is 4.28. The fourth-order valence-electron chi connectivity index (χ4n) is 2.58. The number of hydrogen-bond donors (Lipinski definition) is 0. The van der Waals surface area contributed by atoms with Crippen LogP contribution in [0.25, 0.3) is 0 Å². The van der Waals surface area contributed by atoms with Gasteiger partial charge in [-0.2, -0.15) is 0 Å². The molecule has 0 radical (unpaired) electrons. The van der Waals surface area contributed by atoms with Crippen molar-refractivity contribution in [3.8, 4) is 0 Å². The van der Waals surface area contributed by atoms with E-state index in [2.05, 4.69) is 64.3 Å². The zero-order valence-electron chi connectivity index (χ0n) is 11.7. The molecule has 2 heterocycles. The third-order valence-electron chi connectivity index (χ3n) is 3.89. The zero-order chi connectivity index (χ0) is 13.9. The van der Waals surface area contributed by atoms with Crippen LogP contribution in [-0.2, 0) is 6.54 Å². The molecule has 3 rings (SSSR count). The fourth-order valence-corrected chi connectivity index (χ4v) is 3.12. The van der Waals surface area contributed by atoms with Crippen LogP contribution in [0.1, 0.15) is 5.56 Å². The second-order valence-corrected chi connectivity index (χ2v) is 6.64. The van der Waals surface area contributed by atoms with E-state index in [0.717, 1.165) is 24.1 Å². The Labute approximate surface area is 129 Å². The Morgan fingerprint density at radius 3 is 2.70 bits per heavy atom. The van der Waals surface area contributed by atoms with Crippen LogP contribution in [0.4, 0.5) is 5.69 Å². The van der Waals surface area contributed by atoms with E-state index in [4.69, 9.17) is 0 Å². The van der Waals surface area contributed by atoms with Gasteiger partial charge in [0.2, 0.25) is 0 Å². The normalized spacial score (nSPS) is 15.4. The predicted molar refractivity (Wildman–Crippen MR) is 86.3 cm³/mol. The Morgan fingerprint density at radius 1 is 1.25 bits per heavy atom. The van der Waals surface area contributed by atoms with Gasteiger partial charge in [0, 0.05) is 0 Å². The summed E-state index contributed by atoms with van der Waals surface area (Å²) < 4.78 is 1.15. The first-order chi connectivity index (χ1) is 9.72. The molecule has 0 saturated carbocycles. The third kappa shape index (κ3) is 3.05. The number of nitrogens with zero attached hydrogens (tertiary/aromatic N) is 3. The number of benzene rings is 1. The molecular weight excluding hydrogens is 309 g/mol. The van der Waals surface area contributed by atoms with Gasteiger partial charge in [-0.3, -0.25) is 0 Å². The molecule has 0 bridgehead atoms. The van der Waals surface area contributed by atoms with Gasteiger partial charge in [0.15, 0.2) is 0 Å². The van der Waals surface area contributed by atoms with Gasteiger partial charge in [-0.15, -0.1) is 0 Å². The summed E-state index contributed by atoms with van der Waals surface area (Å²) in [6.45, 7) is 3.25. The monoisotopic (exact) mass is 329 g/mol. The topological polar surface area (TPSA) is 19.4 Å². The first-order valence-corrected chi connectivity index (χ1v) is 8.14. The van der Waals surface area contributed by atoms with Crippen LogP contribution in [0.15, 0.2) is 48.7 Å². The van der Waals surface area contributed by atoms with Crippen LogP contribution >= 0.6 is 0 Å². The van der Waals surface area contributed by atoms with E-state index in [1.165, 1.54) is 11.3 Å². The van der Waals surface area contributed by atoms with Crippen molar-refractivity contribution >= 4 is 27.0 Å². The minimum absolute atomic E-state index is 0.647. The number of anilines is 1. The Bertz CT molecular complexity index is 567. The van der Waals surface area contributed by atoms with Crippen molar-refractivity contribution in [1.29, 1.82) is 0 Å². The van der Waals surface area contributed by atoms with Crippen molar-refractivity contribution in [2.24, 2.45) is 0 Å². The molecule has 1 aromatic carbocycles. The summed E-state index contributed by atoms with van der Waals surface area (Å²) in [7, 11) is 2.22. The van der Waals surface area contributed by atoms with Gasteiger partial charge in [-0.05, 0) is 0 Å². The molecule has 1 aliphatic heterocycles. The number of rotatable bonds is 4. The zero-order valence-corrected chi connectivity index (χ0v) is 14.2. The fraction of sp³-hybridized carbons (Fsp3) is 0.312. The minimum atomic E-state index is 0.647. The summed E-state index contributed by atoms with van der Waals surface area (Å²) in [5, 5.41) is 0. The van der Waals surface area contributed by atoms with Gasteiger partial charge < -0.3 is 0 Å². The molecule has 1 unspecified atom stereocenters. The van der Waals surface area contributed by atoms with Crippen molar-refractivity contribution in [1.82, 2.24) is 9.88 Å². The summed E-state index contributed by atoms with van der Waals surface area (Å²) in [4.78, 5) is 9.16. The van der Waals surface area contributed by atoms with E-state index in [9.17, 15) is 0 Å². The second kappa shape index (κ2) is 5.99. The summed E-state index contributed by atoms with van der Waals surface area (Å²) >= 11 is 1.58. The molecule has 0 aliphatic carbocycles. The quantitative estimate of drug-likeness (QED) is 0.769. The summed E-state index contributed by atoms with van der Waals surface area (Å²) in [5.74, 6) is 0. The summed E-state index contributed by atoms with van der Waals surface area (Å²) in [5.41, 5.74) is 2.69. The van der Waals surface area contributed by atoms with Crippen LogP contribution < -0.4 is 9.38 Å². The van der Waals surface area contributed by atoms with Gasteiger partial charge in [-0.1, -0.05) is 0 Å². The van der Waals surface area contributed by atoms with Gasteiger partial charge >= 0.3 is 129 Å². The SMILES string of the molecule is CN(Cc1ccccc1)C1CN(c2ccnc([AsH2])c2)C1. The second-order valence-electron chi connectivity index (χ2n) is 5.40. The number of hydrogen-bond acceptors (Lipinski definition) is 3. The first-order valence-electron chi connectivity index (χ1n) is 6.93. The van der Waals surface area contributed by atoms with Crippen LogP contribution in [0.2, 0.25) is 0 Å².